The molecule has 0 spiro atoms. The monoisotopic (exact) mass is 294 g/mol. The molecule has 0 aliphatic heterocycles. The van der Waals surface area contributed by atoms with E-state index in [-0.39, 0.29) is 5.41 Å². The minimum Gasteiger partial charge on any atom is -0.507 e. The van der Waals surface area contributed by atoms with Gasteiger partial charge in [0, 0.05) is 5.56 Å². The lowest BCUT2D eigenvalue weighted by molar-refractivity contribution is 0.466. The minimum absolute atomic E-state index is 0.107. The van der Waals surface area contributed by atoms with Crippen LogP contribution >= 0.6 is 0 Å². The Balaban J connectivity index is -0.000000478. The molecule has 0 aliphatic rings. The zero-order chi connectivity index (χ0) is 17.6. The van der Waals surface area contributed by atoms with Crippen molar-refractivity contribution in [1.29, 1.82) is 0 Å². The molecule has 0 unspecified atom stereocenters. The van der Waals surface area contributed by atoms with Crippen molar-refractivity contribution >= 4 is 6.08 Å². The Morgan fingerprint density at radius 2 is 1.43 bits per heavy atom. The first-order chi connectivity index (χ1) is 9.90. The predicted molar refractivity (Wildman–Crippen MR) is 100 cm³/mol. The number of aryl methyl sites for hydroxylation is 1. The van der Waals surface area contributed by atoms with Crippen LogP contribution in [0.5, 0.6) is 5.75 Å². The second-order valence-corrected chi connectivity index (χ2v) is 4.88. The largest absolute Gasteiger partial charge is 0.507 e. The van der Waals surface area contributed by atoms with Crippen LogP contribution in [0, 0.1) is 0 Å². The summed E-state index contributed by atoms with van der Waals surface area (Å²) in [6, 6.07) is 4.10. The predicted octanol–water partition coefficient (Wildman–Crippen LogP) is 6.97. The lowest BCUT2D eigenvalue weighted by atomic mass is 9.84. The normalized spacial score (nSPS) is 9.05. The van der Waals surface area contributed by atoms with E-state index in [2.05, 4.69) is 33.4 Å². The summed E-state index contributed by atoms with van der Waals surface area (Å²) >= 11 is 0. The summed E-state index contributed by atoms with van der Waals surface area (Å²) in [7, 11) is 0. The molecular formula is C20H38O. The minimum atomic E-state index is 0.107. The summed E-state index contributed by atoms with van der Waals surface area (Å²) in [6.45, 7) is 24.3. The molecule has 0 bridgehead atoms. The quantitative estimate of drug-likeness (QED) is 0.624. The molecule has 0 atom stereocenters. The SMILES string of the molecule is C=Cc1cc(C(C)(C)C)cc(CC)c1O.CC.CC.CC. The molecule has 0 amide bonds. The number of hydrogen-bond acceptors (Lipinski definition) is 1. The fraction of sp³-hybridized carbons (Fsp3) is 0.600. The Hall–Kier alpha value is -1.24. The van der Waals surface area contributed by atoms with E-state index in [1.165, 1.54) is 5.56 Å². The highest BCUT2D eigenvalue weighted by Crippen LogP contribution is 2.31. The van der Waals surface area contributed by atoms with Crippen LogP contribution in [0.25, 0.3) is 6.08 Å². The fourth-order valence-corrected chi connectivity index (χ4v) is 1.58. The number of rotatable bonds is 2. The highest BCUT2D eigenvalue weighted by atomic mass is 16.3. The van der Waals surface area contributed by atoms with Gasteiger partial charge in [0.1, 0.15) is 5.75 Å². The van der Waals surface area contributed by atoms with Gasteiger partial charge >= 0.3 is 0 Å². The van der Waals surface area contributed by atoms with Gasteiger partial charge in [0.15, 0.2) is 0 Å². The Bertz CT molecular complexity index is 370. The molecule has 0 radical (unpaired) electrons. The summed E-state index contributed by atoms with van der Waals surface area (Å²) in [5.41, 5.74) is 3.18. The third-order valence-electron chi connectivity index (χ3n) is 2.69. The van der Waals surface area contributed by atoms with E-state index < -0.39 is 0 Å². The van der Waals surface area contributed by atoms with Crippen molar-refractivity contribution in [1.82, 2.24) is 0 Å². The van der Waals surface area contributed by atoms with Gasteiger partial charge < -0.3 is 5.11 Å². The molecule has 1 nitrogen and oxygen atoms in total. The zero-order valence-electron chi connectivity index (χ0n) is 16.1. The highest BCUT2D eigenvalue weighted by molar-refractivity contribution is 5.60. The van der Waals surface area contributed by atoms with Crippen molar-refractivity contribution in [3.63, 3.8) is 0 Å². The molecule has 0 saturated carbocycles. The molecule has 0 heterocycles. The van der Waals surface area contributed by atoms with Gasteiger partial charge in [-0.25, -0.2) is 0 Å². The Morgan fingerprint density at radius 1 is 1.00 bits per heavy atom. The fourth-order valence-electron chi connectivity index (χ4n) is 1.58. The van der Waals surface area contributed by atoms with Gasteiger partial charge in [-0.15, -0.1) is 0 Å². The van der Waals surface area contributed by atoms with Crippen LogP contribution in [0.4, 0.5) is 0 Å². The topological polar surface area (TPSA) is 20.2 Å². The van der Waals surface area contributed by atoms with Crippen molar-refractivity contribution in [3.05, 3.63) is 35.4 Å². The summed E-state index contributed by atoms with van der Waals surface area (Å²) in [6.07, 6.45) is 2.56. The van der Waals surface area contributed by atoms with Gasteiger partial charge in [-0.3, -0.25) is 0 Å². The number of phenolic OH excluding ortho intramolecular Hbond substituents is 1. The van der Waals surface area contributed by atoms with E-state index >= 15 is 0 Å². The average molecular weight is 295 g/mol. The Morgan fingerprint density at radius 3 is 1.71 bits per heavy atom. The summed E-state index contributed by atoms with van der Waals surface area (Å²) < 4.78 is 0. The van der Waals surface area contributed by atoms with Gasteiger partial charge in [0.25, 0.3) is 0 Å². The van der Waals surface area contributed by atoms with Crippen LogP contribution in [0.1, 0.15) is 85.9 Å². The van der Waals surface area contributed by atoms with Crippen LogP contribution in [0.15, 0.2) is 18.7 Å². The van der Waals surface area contributed by atoms with Crippen molar-refractivity contribution in [2.45, 2.75) is 81.1 Å². The maximum Gasteiger partial charge on any atom is 0.125 e. The first-order valence-electron chi connectivity index (χ1n) is 8.39. The lowest BCUT2D eigenvalue weighted by Gasteiger charge is -2.21. The molecule has 0 aliphatic carbocycles. The van der Waals surface area contributed by atoms with E-state index in [0.717, 1.165) is 17.5 Å². The Kier molecular flexibility index (Phi) is 16.2. The van der Waals surface area contributed by atoms with Crippen LogP contribution in [-0.2, 0) is 11.8 Å². The molecule has 0 fully saturated rings. The van der Waals surface area contributed by atoms with Crippen molar-refractivity contribution in [3.8, 4) is 5.75 Å². The second kappa shape index (κ2) is 13.7. The zero-order valence-corrected chi connectivity index (χ0v) is 16.1. The lowest BCUT2D eigenvalue weighted by Crippen LogP contribution is -2.11. The summed E-state index contributed by atoms with van der Waals surface area (Å²) in [5.74, 6) is 0.375. The molecule has 1 heteroatoms. The van der Waals surface area contributed by atoms with E-state index in [1.807, 2.05) is 54.5 Å². The molecule has 1 rings (SSSR count). The van der Waals surface area contributed by atoms with Gasteiger partial charge in [-0.1, -0.05) is 88.0 Å². The maximum atomic E-state index is 9.91. The number of phenols is 1. The summed E-state index contributed by atoms with van der Waals surface area (Å²) in [5, 5.41) is 9.91. The van der Waals surface area contributed by atoms with E-state index in [4.69, 9.17) is 0 Å². The van der Waals surface area contributed by atoms with Crippen molar-refractivity contribution < 1.29 is 5.11 Å². The van der Waals surface area contributed by atoms with Crippen LogP contribution < -0.4 is 0 Å². The molecule has 1 N–H and O–H groups in total. The smallest absolute Gasteiger partial charge is 0.125 e. The average Bonchev–Trinajstić information content (AvgIpc) is 2.52. The van der Waals surface area contributed by atoms with Gasteiger partial charge in [0.05, 0.1) is 0 Å². The first-order valence-corrected chi connectivity index (χ1v) is 8.39. The van der Waals surface area contributed by atoms with Gasteiger partial charge in [-0.05, 0) is 29.0 Å². The second-order valence-electron chi connectivity index (χ2n) is 4.88. The van der Waals surface area contributed by atoms with Crippen molar-refractivity contribution in [2.75, 3.05) is 0 Å². The molecule has 1 aromatic carbocycles. The van der Waals surface area contributed by atoms with Crippen molar-refractivity contribution in [2.24, 2.45) is 0 Å². The van der Waals surface area contributed by atoms with Gasteiger partial charge in [0.2, 0.25) is 0 Å². The molecular weight excluding hydrogens is 256 g/mol. The standard InChI is InChI=1S/C14H20O.3C2H6/c1-6-10-8-12(14(3,4)5)9-11(7-2)13(10)15;3*1-2/h6,8-9,15H,1,7H2,2-5H3;3*1-2H3. The number of hydrogen-bond donors (Lipinski definition) is 1. The van der Waals surface area contributed by atoms with E-state index in [9.17, 15) is 5.11 Å². The van der Waals surface area contributed by atoms with Crippen LogP contribution in [0.3, 0.4) is 0 Å². The molecule has 124 valence electrons. The van der Waals surface area contributed by atoms with E-state index in [0.29, 0.717) is 5.75 Å². The Labute approximate surface area is 134 Å². The third kappa shape index (κ3) is 8.60. The van der Waals surface area contributed by atoms with E-state index in [1.54, 1.807) is 6.08 Å². The highest BCUT2D eigenvalue weighted by Gasteiger charge is 2.16. The maximum absolute atomic E-state index is 9.91. The first kappa shape index (κ1) is 24.8. The molecule has 1 aromatic rings. The summed E-state index contributed by atoms with van der Waals surface area (Å²) in [4.78, 5) is 0. The number of benzene rings is 1. The van der Waals surface area contributed by atoms with Gasteiger partial charge in [-0.2, -0.15) is 0 Å². The molecule has 0 saturated heterocycles. The molecule has 0 aromatic heterocycles. The molecule has 21 heavy (non-hydrogen) atoms. The van der Waals surface area contributed by atoms with Crippen LogP contribution in [-0.4, -0.2) is 5.11 Å². The van der Waals surface area contributed by atoms with Crippen LogP contribution in [0.2, 0.25) is 0 Å². The third-order valence-corrected chi connectivity index (χ3v) is 2.69. The number of aromatic hydroxyl groups is 1.